The van der Waals surface area contributed by atoms with Gasteiger partial charge in [0.1, 0.15) is 11.6 Å². The normalized spacial score (nSPS) is 11.0. The lowest BCUT2D eigenvalue weighted by molar-refractivity contribution is -0.112. The Kier molecular flexibility index (Phi) is 9.43. The first kappa shape index (κ1) is 23.5. The number of anilines is 1. The molecule has 0 radical (unpaired) electrons. The third-order valence-electron chi connectivity index (χ3n) is 4.49. The number of methoxy groups -OCH3 is 1. The highest BCUT2D eigenvalue weighted by Crippen LogP contribution is 2.29. The molecule has 0 aliphatic carbocycles. The molecule has 0 spiro atoms. The molecular formula is C24H27BrN2O3. The molecule has 5 nitrogen and oxygen atoms in total. The first-order chi connectivity index (χ1) is 14.5. The van der Waals surface area contributed by atoms with E-state index in [0.717, 1.165) is 22.9 Å². The standard InChI is InChI=1S/C24H27BrN2O3/c1-4-5-6-7-12-30-22-11-9-18(15-23(22)29-3)14-19(16-26)24(28)27-21-10-8-17(2)13-20(21)25/h8-11,13-15H,4-7,12H2,1-3H3,(H,27,28)/b19-14+. The smallest absolute Gasteiger partial charge is 0.266 e. The minimum atomic E-state index is -0.475. The van der Waals surface area contributed by atoms with Crippen molar-refractivity contribution in [2.45, 2.75) is 39.5 Å². The fraction of sp³-hybridized carbons (Fsp3) is 0.333. The van der Waals surface area contributed by atoms with Crippen molar-refractivity contribution in [3.8, 4) is 17.6 Å². The zero-order valence-electron chi connectivity index (χ0n) is 17.6. The maximum atomic E-state index is 12.6. The van der Waals surface area contributed by atoms with Gasteiger partial charge >= 0.3 is 0 Å². The minimum absolute atomic E-state index is 0.00207. The number of halogens is 1. The van der Waals surface area contributed by atoms with E-state index >= 15 is 0 Å². The molecule has 1 amide bonds. The number of rotatable bonds is 10. The van der Waals surface area contributed by atoms with Crippen LogP contribution in [-0.2, 0) is 4.79 Å². The summed E-state index contributed by atoms with van der Waals surface area (Å²) in [6, 6.07) is 12.9. The third-order valence-corrected chi connectivity index (χ3v) is 5.15. The number of hydrogen-bond acceptors (Lipinski definition) is 4. The van der Waals surface area contributed by atoms with Crippen LogP contribution in [0.1, 0.15) is 43.7 Å². The van der Waals surface area contributed by atoms with Crippen LogP contribution in [0.25, 0.3) is 6.08 Å². The summed E-state index contributed by atoms with van der Waals surface area (Å²) in [4.78, 5) is 12.6. The predicted octanol–water partition coefficient (Wildman–Crippen LogP) is 6.27. The van der Waals surface area contributed by atoms with Crippen LogP contribution in [-0.4, -0.2) is 19.6 Å². The van der Waals surface area contributed by atoms with Crippen molar-refractivity contribution in [1.82, 2.24) is 0 Å². The second kappa shape index (κ2) is 12.0. The number of nitrogens with one attached hydrogen (secondary N) is 1. The lowest BCUT2D eigenvalue weighted by Crippen LogP contribution is -2.13. The maximum absolute atomic E-state index is 12.6. The Bertz CT molecular complexity index is 948. The number of aryl methyl sites for hydroxylation is 1. The number of benzene rings is 2. The van der Waals surface area contributed by atoms with Crippen LogP contribution in [0.15, 0.2) is 46.4 Å². The quantitative estimate of drug-likeness (QED) is 0.252. The fourth-order valence-corrected chi connectivity index (χ4v) is 3.42. The molecule has 30 heavy (non-hydrogen) atoms. The average Bonchev–Trinajstić information content (AvgIpc) is 2.74. The highest BCUT2D eigenvalue weighted by molar-refractivity contribution is 9.10. The monoisotopic (exact) mass is 470 g/mol. The van der Waals surface area contributed by atoms with Crippen molar-refractivity contribution in [1.29, 1.82) is 5.26 Å². The molecule has 0 fully saturated rings. The number of amides is 1. The summed E-state index contributed by atoms with van der Waals surface area (Å²) >= 11 is 3.43. The van der Waals surface area contributed by atoms with Crippen LogP contribution >= 0.6 is 15.9 Å². The minimum Gasteiger partial charge on any atom is -0.493 e. The summed E-state index contributed by atoms with van der Waals surface area (Å²) in [5, 5.41) is 12.2. The number of unbranched alkanes of at least 4 members (excludes halogenated alkanes) is 3. The van der Waals surface area contributed by atoms with Gasteiger partial charge in [-0.1, -0.05) is 38.3 Å². The number of carbonyl (C=O) groups excluding carboxylic acids is 1. The van der Waals surface area contributed by atoms with Crippen LogP contribution in [0.3, 0.4) is 0 Å². The van der Waals surface area contributed by atoms with Crippen molar-refractivity contribution in [2.75, 3.05) is 19.0 Å². The van der Waals surface area contributed by atoms with E-state index in [1.807, 2.05) is 25.1 Å². The Labute approximate surface area is 186 Å². The zero-order valence-corrected chi connectivity index (χ0v) is 19.2. The van der Waals surface area contributed by atoms with Gasteiger partial charge in [0.15, 0.2) is 11.5 Å². The summed E-state index contributed by atoms with van der Waals surface area (Å²) in [6.45, 7) is 4.76. The van der Waals surface area contributed by atoms with Gasteiger partial charge in [0.05, 0.1) is 19.4 Å². The second-order valence-corrected chi connectivity index (χ2v) is 7.78. The van der Waals surface area contributed by atoms with Crippen molar-refractivity contribution in [2.24, 2.45) is 0 Å². The van der Waals surface area contributed by atoms with Gasteiger partial charge in [-0.15, -0.1) is 0 Å². The van der Waals surface area contributed by atoms with Gasteiger partial charge in [-0.05, 0) is 70.7 Å². The van der Waals surface area contributed by atoms with E-state index in [1.54, 1.807) is 31.4 Å². The van der Waals surface area contributed by atoms with E-state index < -0.39 is 5.91 Å². The average molecular weight is 471 g/mol. The summed E-state index contributed by atoms with van der Waals surface area (Å²) in [5.41, 5.74) is 2.35. The van der Waals surface area contributed by atoms with Gasteiger partial charge in [-0.2, -0.15) is 5.26 Å². The van der Waals surface area contributed by atoms with E-state index in [9.17, 15) is 10.1 Å². The van der Waals surface area contributed by atoms with Crippen molar-refractivity contribution < 1.29 is 14.3 Å². The zero-order chi connectivity index (χ0) is 21.9. The molecule has 1 N–H and O–H groups in total. The molecule has 0 atom stereocenters. The molecule has 0 unspecified atom stereocenters. The Balaban J connectivity index is 2.12. The van der Waals surface area contributed by atoms with E-state index in [0.29, 0.717) is 29.4 Å². The van der Waals surface area contributed by atoms with Crippen molar-refractivity contribution >= 4 is 33.6 Å². The molecule has 0 bridgehead atoms. The SMILES string of the molecule is CCCCCCOc1ccc(/C=C(\C#N)C(=O)Nc2ccc(C)cc2Br)cc1OC. The van der Waals surface area contributed by atoms with Crippen molar-refractivity contribution in [3.05, 3.63) is 57.6 Å². The molecule has 0 heterocycles. The predicted molar refractivity (Wildman–Crippen MR) is 124 cm³/mol. The van der Waals surface area contributed by atoms with Gasteiger partial charge in [-0.25, -0.2) is 0 Å². The largest absolute Gasteiger partial charge is 0.493 e. The maximum Gasteiger partial charge on any atom is 0.266 e. The number of nitrogens with zero attached hydrogens (tertiary/aromatic N) is 1. The molecule has 0 aromatic heterocycles. The Morgan fingerprint density at radius 3 is 2.63 bits per heavy atom. The molecule has 0 saturated carbocycles. The molecule has 2 aromatic carbocycles. The third kappa shape index (κ3) is 6.93. The van der Waals surface area contributed by atoms with Gasteiger partial charge < -0.3 is 14.8 Å². The lowest BCUT2D eigenvalue weighted by Gasteiger charge is -2.11. The van der Waals surface area contributed by atoms with Crippen LogP contribution in [0.5, 0.6) is 11.5 Å². The highest BCUT2D eigenvalue weighted by atomic mass is 79.9. The van der Waals surface area contributed by atoms with Gasteiger partial charge in [0.25, 0.3) is 5.91 Å². The number of nitriles is 1. The van der Waals surface area contributed by atoms with E-state index in [-0.39, 0.29) is 5.57 Å². The van der Waals surface area contributed by atoms with Crippen LogP contribution in [0.4, 0.5) is 5.69 Å². The summed E-state index contributed by atoms with van der Waals surface area (Å²) in [7, 11) is 1.57. The molecule has 0 saturated heterocycles. The first-order valence-electron chi connectivity index (χ1n) is 9.98. The number of carbonyl (C=O) groups is 1. The molecule has 0 aliphatic heterocycles. The summed E-state index contributed by atoms with van der Waals surface area (Å²) in [6.07, 6.45) is 6.04. The molecule has 158 valence electrons. The molecule has 2 rings (SSSR count). The number of ether oxygens (including phenoxy) is 2. The van der Waals surface area contributed by atoms with Crippen molar-refractivity contribution in [3.63, 3.8) is 0 Å². The van der Waals surface area contributed by atoms with Crippen LogP contribution in [0, 0.1) is 18.3 Å². The van der Waals surface area contributed by atoms with Gasteiger partial charge in [0.2, 0.25) is 0 Å². The Morgan fingerprint density at radius 1 is 1.17 bits per heavy atom. The van der Waals surface area contributed by atoms with Gasteiger partial charge in [-0.3, -0.25) is 4.79 Å². The molecule has 6 heteroatoms. The Morgan fingerprint density at radius 2 is 1.97 bits per heavy atom. The Hall–Kier alpha value is -2.78. The number of hydrogen-bond donors (Lipinski definition) is 1. The summed E-state index contributed by atoms with van der Waals surface area (Å²) < 4.78 is 12.0. The first-order valence-corrected chi connectivity index (χ1v) is 10.8. The van der Waals surface area contributed by atoms with E-state index in [1.165, 1.54) is 18.9 Å². The second-order valence-electron chi connectivity index (χ2n) is 6.93. The molecule has 0 aliphatic rings. The van der Waals surface area contributed by atoms with E-state index in [4.69, 9.17) is 9.47 Å². The topological polar surface area (TPSA) is 71.3 Å². The van der Waals surface area contributed by atoms with Crippen LogP contribution < -0.4 is 14.8 Å². The molecule has 2 aromatic rings. The fourth-order valence-electron chi connectivity index (χ4n) is 2.83. The van der Waals surface area contributed by atoms with Crippen LogP contribution in [0.2, 0.25) is 0 Å². The summed E-state index contributed by atoms with van der Waals surface area (Å²) in [5.74, 6) is 0.744. The van der Waals surface area contributed by atoms with E-state index in [2.05, 4.69) is 28.2 Å². The molecular weight excluding hydrogens is 444 g/mol. The van der Waals surface area contributed by atoms with Gasteiger partial charge in [0, 0.05) is 4.47 Å². The lowest BCUT2D eigenvalue weighted by atomic mass is 10.1. The highest BCUT2D eigenvalue weighted by Gasteiger charge is 2.12.